The summed E-state index contributed by atoms with van der Waals surface area (Å²) < 4.78 is 21.6. The monoisotopic (exact) mass is 235 g/mol. The first-order chi connectivity index (χ1) is 6.95. The number of hydrogen-bond donors (Lipinski definition) is 1. The Kier molecular flexibility index (Phi) is 7.60. The third-order valence-corrected chi connectivity index (χ3v) is 3.11. The Balaban J connectivity index is 3.42. The quantitative estimate of drug-likeness (QED) is 0.602. The van der Waals surface area contributed by atoms with Crippen LogP contribution in [-0.2, 0) is 14.6 Å². The van der Waals surface area contributed by atoms with E-state index < -0.39 is 9.84 Å². The molecule has 4 nitrogen and oxygen atoms in total. The number of sulfone groups is 1. The second-order valence-corrected chi connectivity index (χ2v) is 6.13. The van der Waals surface area contributed by atoms with E-state index >= 15 is 0 Å². The van der Waals surface area contributed by atoms with Gasteiger partial charge in [0.05, 0.1) is 5.75 Å². The number of hydrogen-bond acceptors (Lipinski definition) is 4. The van der Waals surface area contributed by atoms with Gasteiger partial charge in [0.2, 0.25) is 0 Å². The lowest BCUT2D eigenvalue weighted by Crippen LogP contribution is -2.09. The number of unbranched alkanes of at least 4 members (excludes halogenated alkanes) is 3. The zero-order chi connectivity index (χ0) is 11.7. The molecular weight excluding hydrogens is 214 g/mol. The fraction of sp³-hybridized carbons (Fsp3) is 0.900. The van der Waals surface area contributed by atoms with E-state index in [2.05, 4.69) is 0 Å². The van der Waals surface area contributed by atoms with Crippen molar-refractivity contribution in [3.8, 4) is 0 Å². The van der Waals surface area contributed by atoms with Gasteiger partial charge in [-0.25, -0.2) is 8.42 Å². The number of carbonyl (C=O) groups is 1. The maximum absolute atomic E-state index is 11.2. The molecule has 15 heavy (non-hydrogen) atoms. The van der Waals surface area contributed by atoms with Crippen molar-refractivity contribution >= 4 is 15.6 Å². The summed E-state index contributed by atoms with van der Waals surface area (Å²) in [5, 5.41) is 0. The molecule has 0 heterocycles. The highest BCUT2D eigenvalue weighted by Gasteiger charge is 2.07. The van der Waals surface area contributed by atoms with Crippen molar-refractivity contribution in [1.82, 2.24) is 0 Å². The number of nitrogens with two attached hydrogens (primary N) is 1. The Morgan fingerprint density at radius 3 is 2.20 bits per heavy atom. The summed E-state index contributed by atoms with van der Waals surface area (Å²) in [7, 11) is -3.00. The normalized spacial score (nSPS) is 11.6. The van der Waals surface area contributed by atoms with Crippen LogP contribution in [-0.4, -0.2) is 32.8 Å². The van der Waals surface area contributed by atoms with Gasteiger partial charge in [0.1, 0.15) is 15.6 Å². The molecule has 0 aromatic rings. The molecule has 0 amide bonds. The maximum atomic E-state index is 11.2. The summed E-state index contributed by atoms with van der Waals surface area (Å²) in [4.78, 5) is 11.2. The van der Waals surface area contributed by atoms with Gasteiger partial charge in [0.15, 0.2) is 0 Å². The van der Waals surface area contributed by atoms with E-state index in [4.69, 9.17) is 5.73 Å². The highest BCUT2D eigenvalue weighted by atomic mass is 32.2. The van der Waals surface area contributed by atoms with Gasteiger partial charge < -0.3 is 5.73 Å². The predicted octanol–water partition coefficient (Wildman–Crippen LogP) is 0.899. The molecule has 0 rings (SSSR count). The van der Waals surface area contributed by atoms with Crippen LogP contribution in [0.15, 0.2) is 0 Å². The van der Waals surface area contributed by atoms with Crippen molar-refractivity contribution in [3.63, 3.8) is 0 Å². The molecule has 0 aliphatic carbocycles. The van der Waals surface area contributed by atoms with Crippen molar-refractivity contribution in [2.75, 3.05) is 18.6 Å². The van der Waals surface area contributed by atoms with Crippen LogP contribution < -0.4 is 5.73 Å². The summed E-state index contributed by atoms with van der Waals surface area (Å²) >= 11 is 0. The molecule has 0 fully saturated rings. The molecule has 0 unspecified atom stereocenters. The molecular formula is C10H21NO3S. The fourth-order valence-corrected chi connectivity index (χ4v) is 1.84. The van der Waals surface area contributed by atoms with Crippen LogP contribution in [0, 0.1) is 0 Å². The van der Waals surface area contributed by atoms with Crippen LogP contribution in [0.25, 0.3) is 0 Å². The Morgan fingerprint density at radius 2 is 1.67 bits per heavy atom. The van der Waals surface area contributed by atoms with E-state index in [1.165, 1.54) is 0 Å². The molecule has 0 spiro atoms. The van der Waals surface area contributed by atoms with Crippen molar-refractivity contribution < 1.29 is 13.2 Å². The van der Waals surface area contributed by atoms with Gasteiger partial charge >= 0.3 is 0 Å². The van der Waals surface area contributed by atoms with Crippen LogP contribution in [0.4, 0.5) is 0 Å². The average molecular weight is 235 g/mol. The van der Waals surface area contributed by atoms with E-state index in [1.54, 1.807) is 0 Å². The second kappa shape index (κ2) is 7.82. The molecule has 0 saturated heterocycles. The number of rotatable bonds is 9. The van der Waals surface area contributed by atoms with Gasteiger partial charge in [-0.1, -0.05) is 12.8 Å². The zero-order valence-electron chi connectivity index (χ0n) is 9.37. The van der Waals surface area contributed by atoms with E-state index in [-0.39, 0.29) is 18.0 Å². The second-order valence-electron chi connectivity index (χ2n) is 3.87. The lowest BCUT2D eigenvalue weighted by atomic mass is 10.1. The van der Waals surface area contributed by atoms with Gasteiger partial charge in [-0.15, -0.1) is 0 Å². The smallest absolute Gasteiger partial charge is 0.147 e. The lowest BCUT2D eigenvalue weighted by Gasteiger charge is -2.00. The molecule has 0 saturated carbocycles. The van der Waals surface area contributed by atoms with E-state index in [0.29, 0.717) is 13.0 Å². The van der Waals surface area contributed by atoms with E-state index in [1.807, 2.05) is 0 Å². The van der Waals surface area contributed by atoms with Gasteiger partial charge in [0.25, 0.3) is 0 Å². The zero-order valence-corrected chi connectivity index (χ0v) is 10.2. The largest absolute Gasteiger partial charge is 0.330 e. The summed E-state index contributed by atoms with van der Waals surface area (Å²) in [5.41, 5.74) is 5.33. The van der Waals surface area contributed by atoms with Crippen molar-refractivity contribution in [2.45, 2.75) is 38.5 Å². The summed E-state index contributed by atoms with van der Waals surface area (Å²) in [5.74, 6) is 0.0300. The minimum atomic E-state index is -3.00. The van der Waals surface area contributed by atoms with Gasteiger partial charge in [0, 0.05) is 19.1 Å². The highest BCUT2D eigenvalue weighted by Crippen LogP contribution is 2.04. The van der Waals surface area contributed by atoms with Crippen molar-refractivity contribution in [3.05, 3.63) is 0 Å². The Morgan fingerprint density at radius 1 is 1.07 bits per heavy atom. The van der Waals surface area contributed by atoms with Crippen LogP contribution in [0.2, 0.25) is 0 Å². The first kappa shape index (κ1) is 14.6. The lowest BCUT2D eigenvalue weighted by molar-refractivity contribution is -0.118. The fourth-order valence-electron chi connectivity index (χ4n) is 1.24. The topological polar surface area (TPSA) is 77.2 Å². The van der Waals surface area contributed by atoms with E-state index in [9.17, 15) is 13.2 Å². The average Bonchev–Trinajstić information content (AvgIpc) is 2.13. The SMILES string of the molecule is CS(=O)(=O)CCC(=O)CCCCCCN. The molecule has 0 aliphatic heterocycles. The van der Waals surface area contributed by atoms with Gasteiger partial charge in [-0.2, -0.15) is 0 Å². The molecule has 0 bridgehead atoms. The summed E-state index contributed by atoms with van der Waals surface area (Å²) in [6.45, 7) is 0.696. The minimum absolute atomic E-state index is 0.0192. The molecule has 0 aliphatic rings. The molecule has 0 aromatic carbocycles. The first-order valence-electron chi connectivity index (χ1n) is 5.35. The van der Waals surface area contributed by atoms with E-state index in [0.717, 1.165) is 31.9 Å². The molecule has 0 atom stereocenters. The Labute approximate surface area is 92.2 Å². The molecule has 5 heteroatoms. The molecule has 0 radical (unpaired) electrons. The number of Topliss-reactive ketones (excluding diaryl/α,β-unsaturated/α-hetero) is 1. The molecule has 0 aromatic heterocycles. The van der Waals surface area contributed by atoms with Crippen molar-refractivity contribution in [1.29, 1.82) is 0 Å². The highest BCUT2D eigenvalue weighted by molar-refractivity contribution is 7.90. The summed E-state index contributed by atoms with van der Waals surface area (Å²) in [6, 6.07) is 0. The van der Waals surface area contributed by atoms with Crippen LogP contribution in [0.3, 0.4) is 0 Å². The van der Waals surface area contributed by atoms with Gasteiger partial charge in [-0.05, 0) is 19.4 Å². The molecule has 2 N–H and O–H groups in total. The standard InChI is InChI=1S/C10H21NO3S/c1-15(13,14)9-7-10(12)6-4-2-3-5-8-11/h2-9,11H2,1H3. The Bertz CT molecular complexity index is 272. The van der Waals surface area contributed by atoms with Crippen molar-refractivity contribution in [2.24, 2.45) is 5.73 Å². The Hall–Kier alpha value is -0.420. The molecule has 90 valence electrons. The first-order valence-corrected chi connectivity index (χ1v) is 7.41. The maximum Gasteiger partial charge on any atom is 0.147 e. The minimum Gasteiger partial charge on any atom is -0.330 e. The number of ketones is 1. The van der Waals surface area contributed by atoms with Gasteiger partial charge in [-0.3, -0.25) is 4.79 Å². The van der Waals surface area contributed by atoms with Crippen LogP contribution in [0.5, 0.6) is 0 Å². The third kappa shape index (κ3) is 11.5. The number of carbonyl (C=O) groups excluding carboxylic acids is 1. The summed E-state index contributed by atoms with van der Waals surface area (Å²) in [6.07, 6.45) is 5.72. The van der Waals surface area contributed by atoms with Crippen LogP contribution >= 0.6 is 0 Å². The van der Waals surface area contributed by atoms with Crippen LogP contribution in [0.1, 0.15) is 38.5 Å². The predicted molar refractivity (Wildman–Crippen MR) is 61.5 cm³/mol. The third-order valence-electron chi connectivity index (χ3n) is 2.16.